The van der Waals surface area contributed by atoms with Crippen molar-refractivity contribution >= 4 is 12.4 Å². The number of hydrogen-bond acceptors (Lipinski definition) is 2. The molecule has 0 aliphatic rings. The number of hydrogen-bond donors (Lipinski definition) is 0. The van der Waals surface area contributed by atoms with E-state index in [4.69, 9.17) is 4.74 Å². The van der Waals surface area contributed by atoms with Crippen LogP contribution in [0.2, 0.25) is 0 Å². The average molecular weight is 195 g/mol. The Kier molecular flexibility index (Phi) is 3.63. The van der Waals surface area contributed by atoms with Crippen LogP contribution in [-0.4, -0.2) is 13.3 Å². The minimum Gasteiger partial charge on any atom is -0.493 e. The normalized spacial score (nSPS) is 10.3. The number of halogens is 1. The minimum absolute atomic E-state index is 0.353. The van der Waals surface area contributed by atoms with E-state index in [9.17, 15) is 4.39 Å². The molecule has 1 aromatic rings. The van der Waals surface area contributed by atoms with Crippen LogP contribution in [0.3, 0.4) is 0 Å². The summed E-state index contributed by atoms with van der Waals surface area (Å²) in [7, 11) is 0. The van der Waals surface area contributed by atoms with Crippen LogP contribution >= 0.6 is 0 Å². The number of benzene rings is 1. The predicted molar refractivity (Wildman–Crippen MR) is 55.9 cm³/mol. The Labute approximate surface area is 83.4 Å². The highest BCUT2D eigenvalue weighted by molar-refractivity contribution is 5.49. The molecule has 0 amide bonds. The Balaban J connectivity index is 2.76. The highest BCUT2D eigenvalue weighted by atomic mass is 19.1. The van der Waals surface area contributed by atoms with Gasteiger partial charge in [0.1, 0.15) is 11.6 Å². The molecule has 0 fully saturated rings. The van der Waals surface area contributed by atoms with Gasteiger partial charge in [0.15, 0.2) is 0 Å². The van der Waals surface area contributed by atoms with Crippen LogP contribution < -0.4 is 4.74 Å². The largest absolute Gasteiger partial charge is 0.493 e. The van der Waals surface area contributed by atoms with Crippen LogP contribution in [0.5, 0.6) is 5.75 Å². The second-order valence-electron chi connectivity index (χ2n) is 3.51. The standard InChI is InChI=1S/C11H14FNO/c1-8(2)7-14-11-5-9(12)4-10(6-11)13-3/h4-6,8H,3,7H2,1-2H3. The van der Waals surface area contributed by atoms with Crippen molar-refractivity contribution in [2.24, 2.45) is 10.9 Å². The van der Waals surface area contributed by atoms with Crippen LogP contribution in [0.1, 0.15) is 13.8 Å². The molecule has 14 heavy (non-hydrogen) atoms. The lowest BCUT2D eigenvalue weighted by molar-refractivity contribution is 0.270. The van der Waals surface area contributed by atoms with Crippen LogP contribution in [-0.2, 0) is 0 Å². The van der Waals surface area contributed by atoms with E-state index in [1.165, 1.54) is 12.1 Å². The molecule has 76 valence electrons. The summed E-state index contributed by atoms with van der Waals surface area (Å²) in [4.78, 5) is 3.65. The lowest BCUT2D eigenvalue weighted by Crippen LogP contribution is -2.04. The molecule has 0 heterocycles. The second kappa shape index (κ2) is 4.74. The molecule has 0 bridgehead atoms. The number of aliphatic imine (C=N–C) groups is 1. The Morgan fingerprint density at radius 1 is 1.43 bits per heavy atom. The van der Waals surface area contributed by atoms with Crippen molar-refractivity contribution in [3.8, 4) is 5.75 Å². The van der Waals surface area contributed by atoms with Gasteiger partial charge in [0, 0.05) is 12.1 Å². The molecule has 2 nitrogen and oxygen atoms in total. The van der Waals surface area contributed by atoms with Crippen molar-refractivity contribution in [3.05, 3.63) is 24.0 Å². The third-order valence-corrected chi connectivity index (χ3v) is 1.62. The van der Waals surface area contributed by atoms with E-state index in [1.807, 2.05) is 13.8 Å². The zero-order valence-electron chi connectivity index (χ0n) is 8.46. The van der Waals surface area contributed by atoms with Crippen molar-refractivity contribution in [1.82, 2.24) is 0 Å². The number of ether oxygens (including phenoxy) is 1. The van der Waals surface area contributed by atoms with Gasteiger partial charge < -0.3 is 4.74 Å². The van der Waals surface area contributed by atoms with Gasteiger partial charge in [-0.05, 0) is 18.7 Å². The predicted octanol–water partition coefficient (Wildman–Crippen LogP) is 3.19. The summed E-state index contributed by atoms with van der Waals surface area (Å²) in [5.74, 6) is 0.563. The molecule has 0 aliphatic heterocycles. The molecule has 1 aromatic carbocycles. The first kappa shape index (κ1) is 10.7. The van der Waals surface area contributed by atoms with Crippen LogP contribution in [0, 0.1) is 11.7 Å². The zero-order valence-corrected chi connectivity index (χ0v) is 8.46. The molecular weight excluding hydrogens is 181 g/mol. The van der Waals surface area contributed by atoms with Crippen LogP contribution in [0.25, 0.3) is 0 Å². The molecule has 1 rings (SSSR count). The third kappa shape index (κ3) is 3.17. The number of nitrogens with zero attached hydrogens (tertiary/aromatic N) is 1. The SMILES string of the molecule is C=Nc1cc(F)cc(OCC(C)C)c1. The fraction of sp³-hybridized carbons (Fsp3) is 0.364. The summed E-state index contributed by atoms with van der Waals surface area (Å²) in [6, 6.07) is 4.32. The maximum Gasteiger partial charge on any atom is 0.129 e. The summed E-state index contributed by atoms with van der Waals surface area (Å²) in [6.45, 7) is 7.97. The Hall–Kier alpha value is -1.38. The van der Waals surface area contributed by atoms with Crippen molar-refractivity contribution in [2.45, 2.75) is 13.8 Å². The smallest absolute Gasteiger partial charge is 0.129 e. The molecule has 0 spiro atoms. The van der Waals surface area contributed by atoms with Gasteiger partial charge in [-0.3, -0.25) is 4.99 Å². The fourth-order valence-corrected chi connectivity index (χ4v) is 0.985. The van der Waals surface area contributed by atoms with E-state index in [-0.39, 0.29) is 5.82 Å². The summed E-state index contributed by atoms with van der Waals surface area (Å²) >= 11 is 0. The molecule has 3 heteroatoms. The van der Waals surface area contributed by atoms with Gasteiger partial charge in [0.05, 0.1) is 12.3 Å². The summed E-state index contributed by atoms with van der Waals surface area (Å²) < 4.78 is 18.3. The minimum atomic E-state index is -0.353. The topological polar surface area (TPSA) is 21.6 Å². The van der Waals surface area contributed by atoms with Gasteiger partial charge in [-0.25, -0.2) is 4.39 Å². The third-order valence-electron chi connectivity index (χ3n) is 1.62. The number of rotatable bonds is 4. The maximum atomic E-state index is 13.0. The van der Waals surface area contributed by atoms with E-state index >= 15 is 0 Å². The lowest BCUT2D eigenvalue weighted by atomic mass is 10.2. The molecule has 0 saturated carbocycles. The molecule has 0 aromatic heterocycles. The average Bonchev–Trinajstić information content (AvgIpc) is 2.14. The van der Waals surface area contributed by atoms with Crippen LogP contribution in [0.4, 0.5) is 10.1 Å². The molecule has 0 saturated heterocycles. The van der Waals surface area contributed by atoms with Crippen molar-refractivity contribution < 1.29 is 9.13 Å². The maximum absolute atomic E-state index is 13.0. The van der Waals surface area contributed by atoms with Gasteiger partial charge in [0.2, 0.25) is 0 Å². The zero-order chi connectivity index (χ0) is 10.6. The van der Waals surface area contributed by atoms with Crippen molar-refractivity contribution in [1.29, 1.82) is 0 Å². The first-order valence-electron chi connectivity index (χ1n) is 4.52. The Morgan fingerprint density at radius 2 is 2.14 bits per heavy atom. The summed E-state index contributed by atoms with van der Waals surface area (Å²) in [5.41, 5.74) is 0.490. The highest BCUT2D eigenvalue weighted by Crippen LogP contribution is 2.22. The van der Waals surface area contributed by atoms with E-state index in [1.54, 1.807) is 6.07 Å². The highest BCUT2D eigenvalue weighted by Gasteiger charge is 2.01. The van der Waals surface area contributed by atoms with Crippen LogP contribution in [0.15, 0.2) is 23.2 Å². The monoisotopic (exact) mass is 195 g/mol. The van der Waals surface area contributed by atoms with E-state index in [0.717, 1.165) is 0 Å². The van der Waals surface area contributed by atoms with Gasteiger partial charge in [0.25, 0.3) is 0 Å². The van der Waals surface area contributed by atoms with Crippen molar-refractivity contribution in [2.75, 3.05) is 6.61 Å². The van der Waals surface area contributed by atoms with Gasteiger partial charge in [-0.2, -0.15) is 0 Å². The first-order chi connectivity index (χ1) is 6.61. The second-order valence-corrected chi connectivity index (χ2v) is 3.51. The Morgan fingerprint density at radius 3 is 2.71 bits per heavy atom. The van der Waals surface area contributed by atoms with E-state index in [2.05, 4.69) is 11.7 Å². The quantitative estimate of drug-likeness (QED) is 0.676. The Bertz CT molecular complexity index is 323. The molecular formula is C11H14FNO. The van der Waals surface area contributed by atoms with Gasteiger partial charge in [-0.1, -0.05) is 13.8 Å². The van der Waals surface area contributed by atoms with E-state index in [0.29, 0.717) is 24.0 Å². The lowest BCUT2D eigenvalue weighted by Gasteiger charge is -2.08. The van der Waals surface area contributed by atoms with Gasteiger partial charge >= 0.3 is 0 Å². The molecule has 0 unspecified atom stereocenters. The van der Waals surface area contributed by atoms with Gasteiger partial charge in [-0.15, -0.1) is 0 Å². The van der Waals surface area contributed by atoms with Crippen molar-refractivity contribution in [3.63, 3.8) is 0 Å². The first-order valence-corrected chi connectivity index (χ1v) is 4.52. The summed E-state index contributed by atoms with van der Waals surface area (Å²) in [6.07, 6.45) is 0. The molecule has 0 radical (unpaired) electrons. The molecule has 0 aliphatic carbocycles. The van der Waals surface area contributed by atoms with E-state index < -0.39 is 0 Å². The summed E-state index contributed by atoms with van der Waals surface area (Å²) in [5, 5.41) is 0. The molecule has 0 atom stereocenters. The fourth-order valence-electron chi connectivity index (χ4n) is 0.985. The molecule has 0 N–H and O–H groups in total.